The average molecular weight is 332 g/mol. The van der Waals surface area contributed by atoms with E-state index in [1.807, 2.05) is 24.3 Å². The molecular weight excluding hydrogens is 304 g/mol. The van der Waals surface area contributed by atoms with E-state index >= 15 is 0 Å². The van der Waals surface area contributed by atoms with Gasteiger partial charge in [0.1, 0.15) is 5.75 Å². The van der Waals surface area contributed by atoms with Gasteiger partial charge in [0.2, 0.25) is 11.8 Å². The summed E-state index contributed by atoms with van der Waals surface area (Å²) < 4.78 is 5.20. The molecule has 0 saturated heterocycles. The van der Waals surface area contributed by atoms with E-state index in [2.05, 4.69) is 5.32 Å². The molecule has 5 heteroatoms. The van der Waals surface area contributed by atoms with Gasteiger partial charge in [-0.3, -0.25) is 9.59 Å². The van der Waals surface area contributed by atoms with E-state index in [1.165, 1.54) is 6.42 Å². The molecule has 1 fully saturated rings. The van der Waals surface area contributed by atoms with E-state index in [-0.39, 0.29) is 24.4 Å². The van der Waals surface area contributed by atoms with Gasteiger partial charge in [-0.15, -0.1) is 0 Å². The summed E-state index contributed by atoms with van der Waals surface area (Å²) in [5.41, 5.74) is 1.12. The normalized spacial score (nSPS) is 14.9. The number of nitrogens with one attached hydrogen (secondary N) is 1. The van der Waals surface area contributed by atoms with Crippen molar-refractivity contribution in [2.45, 2.75) is 51.5 Å². The summed E-state index contributed by atoms with van der Waals surface area (Å²) in [6.45, 7) is 2.28. The Bertz CT molecular complexity index is 553. The Morgan fingerprint density at radius 2 is 2.00 bits per heavy atom. The van der Waals surface area contributed by atoms with Crippen LogP contribution in [0.3, 0.4) is 0 Å². The molecule has 0 atom stereocenters. The number of rotatable bonds is 7. The molecular formula is C19H28N2O3. The molecule has 1 saturated carbocycles. The third-order valence-corrected chi connectivity index (χ3v) is 4.60. The van der Waals surface area contributed by atoms with Crippen LogP contribution in [0.1, 0.15) is 44.6 Å². The van der Waals surface area contributed by atoms with Crippen LogP contribution in [-0.2, 0) is 16.0 Å². The van der Waals surface area contributed by atoms with Crippen LogP contribution in [0.25, 0.3) is 0 Å². The van der Waals surface area contributed by atoms with Crippen molar-refractivity contribution >= 4 is 11.8 Å². The highest BCUT2D eigenvalue weighted by Gasteiger charge is 2.24. The Balaban J connectivity index is 1.79. The fourth-order valence-electron chi connectivity index (χ4n) is 3.28. The zero-order chi connectivity index (χ0) is 17.4. The van der Waals surface area contributed by atoms with Crippen molar-refractivity contribution in [3.8, 4) is 5.75 Å². The van der Waals surface area contributed by atoms with Crippen molar-refractivity contribution in [2.75, 3.05) is 20.2 Å². The van der Waals surface area contributed by atoms with E-state index < -0.39 is 0 Å². The highest BCUT2D eigenvalue weighted by molar-refractivity contribution is 5.84. The molecule has 0 spiro atoms. The van der Waals surface area contributed by atoms with Gasteiger partial charge < -0.3 is 15.0 Å². The second kappa shape index (κ2) is 9.30. The van der Waals surface area contributed by atoms with Crippen molar-refractivity contribution in [2.24, 2.45) is 0 Å². The van der Waals surface area contributed by atoms with Crippen LogP contribution in [0.5, 0.6) is 5.75 Å². The Morgan fingerprint density at radius 3 is 2.67 bits per heavy atom. The van der Waals surface area contributed by atoms with Gasteiger partial charge in [-0.2, -0.15) is 0 Å². The van der Waals surface area contributed by atoms with Crippen LogP contribution in [0.15, 0.2) is 24.3 Å². The third-order valence-electron chi connectivity index (χ3n) is 4.60. The number of carbonyl (C=O) groups excluding carboxylic acids is 2. The lowest BCUT2D eigenvalue weighted by atomic mass is 9.94. The molecule has 1 N–H and O–H groups in total. The minimum Gasteiger partial charge on any atom is -0.497 e. The molecule has 0 radical (unpaired) electrons. The highest BCUT2D eigenvalue weighted by Crippen LogP contribution is 2.22. The summed E-state index contributed by atoms with van der Waals surface area (Å²) in [5, 5.41) is 2.92. The first-order valence-electron chi connectivity index (χ1n) is 8.77. The lowest BCUT2D eigenvalue weighted by molar-refractivity contribution is -0.137. The second-order valence-electron chi connectivity index (χ2n) is 6.39. The van der Waals surface area contributed by atoms with Crippen LogP contribution in [0.4, 0.5) is 0 Å². The lowest BCUT2D eigenvalue weighted by Crippen LogP contribution is -2.46. The quantitative estimate of drug-likeness (QED) is 0.835. The van der Waals surface area contributed by atoms with Gasteiger partial charge in [-0.25, -0.2) is 0 Å². The molecule has 24 heavy (non-hydrogen) atoms. The first kappa shape index (κ1) is 18.3. The summed E-state index contributed by atoms with van der Waals surface area (Å²) >= 11 is 0. The smallest absolute Gasteiger partial charge is 0.239 e. The SMILES string of the molecule is COc1cccc(CCNC(=O)CN(C(C)=O)C2CCCCC2)c1. The molecule has 0 unspecified atom stereocenters. The van der Waals surface area contributed by atoms with Crippen LogP contribution < -0.4 is 10.1 Å². The Kier molecular flexibility index (Phi) is 7.09. The number of methoxy groups -OCH3 is 1. The molecule has 132 valence electrons. The Hall–Kier alpha value is -2.04. The van der Waals surface area contributed by atoms with Crippen molar-refractivity contribution < 1.29 is 14.3 Å². The molecule has 1 aliphatic carbocycles. The zero-order valence-electron chi connectivity index (χ0n) is 14.7. The molecule has 5 nitrogen and oxygen atoms in total. The van der Waals surface area contributed by atoms with E-state index in [1.54, 1.807) is 18.9 Å². The van der Waals surface area contributed by atoms with Gasteiger partial charge in [0, 0.05) is 19.5 Å². The zero-order valence-corrected chi connectivity index (χ0v) is 14.7. The maximum absolute atomic E-state index is 12.2. The Morgan fingerprint density at radius 1 is 1.25 bits per heavy atom. The van der Waals surface area contributed by atoms with Gasteiger partial charge in [-0.1, -0.05) is 31.4 Å². The molecule has 1 aromatic carbocycles. The molecule has 2 amide bonds. The standard InChI is InChI=1S/C19H28N2O3/c1-15(22)21(17-8-4-3-5-9-17)14-19(23)20-12-11-16-7-6-10-18(13-16)24-2/h6-7,10,13,17H,3-5,8-9,11-12,14H2,1-2H3,(H,20,23). The maximum atomic E-state index is 12.2. The van der Waals surface area contributed by atoms with Crippen LogP contribution >= 0.6 is 0 Å². The molecule has 0 bridgehead atoms. The summed E-state index contributed by atoms with van der Waals surface area (Å²) in [6.07, 6.45) is 6.28. The van der Waals surface area contributed by atoms with E-state index in [4.69, 9.17) is 4.74 Å². The van der Waals surface area contributed by atoms with Gasteiger partial charge in [0.25, 0.3) is 0 Å². The maximum Gasteiger partial charge on any atom is 0.239 e. The number of ether oxygens (including phenoxy) is 1. The topological polar surface area (TPSA) is 58.6 Å². The summed E-state index contributed by atoms with van der Waals surface area (Å²) in [5.74, 6) is 0.724. The van der Waals surface area contributed by atoms with Crippen molar-refractivity contribution in [1.29, 1.82) is 0 Å². The number of nitrogens with zero attached hydrogens (tertiary/aromatic N) is 1. The highest BCUT2D eigenvalue weighted by atomic mass is 16.5. The summed E-state index contributed by atoms with van der Waals surface area (Å²) in [7, 11) is 1.64. The number of carbonyl (C=O) groups is 2. The summed E-state index contributed by atoms with van der Waals surface area (Å²) in [4.78, 5) is 25.8. The largest absolute Gasteiger partial charge is 0.497 e. The van der Waals surface area contributed by atoms with Crippen LogP contribution in [-0.4, -0.2) is 43.0 Å². The number of amides is 2. The summed E-state index contributed by atoms with van der Waals surface area (Å²) in [6, 6.07) is 8.04. The fourth-order valence-corrected chi connectivity index (χ4v) is 3.28. The first-order chi connectivity index (χ1) is 11.6. The second-order valence-corrected chi connectivity index (χ2v) is 6.39. The van der Waals surface area contributed by atoms with E-state index in [0.717, 1.165) is 43.4 Å². The third kappa shape index (κ3) is 5.55. The monoisotopic (exact) mass is 332 g/mol. The number of hydrogen-bond donors (Lipinski definition) is 1. The molecule has 0 aliphatic heterocycles. The Labute approximate surface area is 144 Å². The average Bonchev–Trinajstić information content (AvgIpc) is 2.60. The van der Waals surface area contributed by atoms with E-state index in [0.29, 0.717) is 6.54 Å². The van der Waals surface area contributed by atoms with Crippen molar-refractivity contribution in [3.63, 3.8) is 0 Å². The lowest BCUT2D eigenvalue weighted by Gasteiger charge is -2.33. The minimum absolute atomic E-state index is 0.00940. The van der Waals surface area contributed by atoms with Gasteiger partial charge in [0.05, 0.1) is 13.7 Å². The van der Waals surface area contributed by atoms with Gasteiger partial charge >= 0.3 is 0 Å². The predicted octanol–water partition coefficient (Wildman–Crippen LogP) is 2.54. The van der Waals surface area contributed by atoms with E-state index in [9.17, 15) is 9.59 Å². The molecule has 1 aromatic rings. The number of benzene rings is 1. The van der Waals surface area contributed by atoms with Gasteiger partial charge in [0.15, 0.2) is 0 Å². The first-order valence-corrected chi connectivity index (χ1v) is 8.77. The van der Waals surface area contributed by atoms with Crippen LogP contribution in [0.2, 0.25) is 0 Å². The van der Waals surface area contributed by atoms with Crippen LogP contribution in [0, 0.1) is 0 Å². The molecule has 2 rings (SSSR count). The van der Waals surface area contributed by atoms with Crippen molar-refractivity contribution in [1.82, 2.24) is 10.2 Å². The number of hydrogen-bond acceptors (Lipinski definition) is 3. The fraction of sp³-hybridized carbons (Fsp3) is 0.579. The molecule has 0 heterocycles. The van der Waals surface area contributed by atoms with Crippen molar-refractivity contribution in [3.05, 3.63) is 29.8 Å². The minimum atomic E-state index is -0.0846. The molecule has 1 aliphatic rings. The van der Waals surface area contributed by atoms with Gasteiger partial charge in [-0.05, 0) is 37.0 Å². The molecule has 0 aromatic heterocycles. The predicted molar refractivity (Wildman–Crippen MR) is 94.0 cm³/mol.